The van der Waals surface area contributed by atoms with Crippen molar-refractivity contribution < 1.29 is 28.3 Å². The first-order chi connectivity index (χ1) is 15.8. The Morgan fingerprint density at radius 2 is 1.67 bits per heavy atom. The second-order valence-electron chi connectivity index (χ2n) is 8.70. The highest BCUT2D eigenvalue weighted by molar-refractivity contribution is 5.95. The fraction of sp³-hybridized carbons (Fsp3) is 0.583. The molecule has 0 bridgehead atoms. The normalized spacial score (nSPS) is 19.2. The van der Waals surface area contributed by atoms with E-state index in [1.807, 2.05) is 0 Å². The highest BCUT2D eigenvalue weighted by Crippen LogP contribution is 2.22. The van der Waals surface area contributed by atoms with Gasteiger partial charge in [0.15, 0.2) is 0 Å². The summed E-state index contributed by atoms with van der Waals surface area (Å²) < 4.78 is 18.2. The Bertz CT molecular complexity index is 867. The summed E-state index contributed by atoms with van der Waals surface area (Å²) in [6.45, 7) is 3.83. The quantitative estimate of drug-likeness (QED) is 0.605. The largest absolute Gasteiger partial charge is 0.466 e. The number of hydrogen-bond acceptors (Lipinski definition) is 5. The number of likely N-dealkylation sites (N-methyl/N-ethyl adjacent to an activating group) is 1. The van der Waals surface area contributed by atoms with E-state index in [1.54, 1.807) is 23.8 Å². The van der Waals surface area contributed by atoms with Crippen molar-refractivity contribution in [3.63, 3.8) is 0 Å². The van der Waals surface area contributed by atoms with E-state index in [4.69, 9.17) is 4.74 Å². The Morgan fingerprint density at radius 3 is 2.30 bits per heavy atom. The summed E-state index contributed by atoms with van der Waals surface area (Å²) >= 11 is 0. The molecule has 2 aliphatic rings. The predicted octanol–water partition coefficient (Wildman–Crippen LogP) is 1.94. The number of likely N-dealkylation sites (tertiary alicyclic amines) is 2. The first-order valence-electron chi connectivity index (χ1n) is 11.5. The number of piperidine rings is 2. The van der Waals surface area contributed by atoms with Crippen LogP contribution in [-0.2, 0) is 19.1 Å². The van der Waals surface area contributed by atoms with Crippen LogP contribution in [0, 0.1) is 17.7 Å². The lowest BCUT2D eigenvalue weighted by molar-refractivity contribution is -0.151. The molecule has 0 spiro atoms. The van der Waals surface area contributed by atoms with Crippen molar-refractivity contribution in [2.24, 2.45) is 11.8 Å². The van der Waals surface area contributed by atoms with Crippen molar-refractivity contribution in [3.05, 3.63) is 35.6 Å². The van der Waals surface area contributed by atoms with Gasteiger partial charge in [0.1, 0.15) is 5.82 Å². The van der Waals surface area contributed by atoms with Gasteiger partial charge in [-0.2, -0.15) is 0 Å². The van der Waals surface area contributed by atoms with Crippen LogP contribution < -0.4 is 0 Å². The van der Waals surface area contributed by atoms with Crippen molar-refractivity contribution in [2.75, 3.05) is 46.4 Å². The second kappa shape index (κ2) is 11.2. The van der Waals surface area contributed by atoms with Gasteiger partial charge >= 0.3 is 5.97 Å². The Hall–Kier alpha value is -2.97. The smallest absolute Gasteiger partial charge is 0.309 e. The lowest BCUT2D eigenvalue weighted by Gasteiger charge is -2.35. The number of ether oxygens (including phenoxy) is 1. The molecule has 2 fully saturated rings. The molecular formula is C24H32FN3O5. The van der Waals surface area contributed by atoms with E-state index in [-0.39, 0.29) is 48.6 Å². The van der Waals surface area contributed by atoms with E-state index in [0.717, 1.165) is 0 Å². The molecule has 0 aromatic heterocycles. The van der Waals surface area contributed by atoms with Crippen LogP contribution in [0.25, 0.3) is 0 Å². The van der Waals surface area contributed by atoms with E-state index < -0.39 is 5.82 Å². The third kappa shape index (κ3) is 6.30. The first kappa shape index (κ1) is 24.7. The third-order valence-corrected chi connectivity index (χ3v) is 6.37. The van der Waals surface area contributed by atoms with Crippen LogP contribution in [0.1, 0.15) is 43.0 Å². The maximum absolute atomic E-state index is 13.1. The summed E-state index contributed by atoms with van der Waals surface area (Å²) in [5, 5.41) is 0. The average molecular weight is 462 g/mol. The summed E-state index contributed by atoms with van der Waals surface area (Å²) in [5.74, 6) is -1.72. The SMILES string of the molecule is CCOC(=O)C1CCN(C(=O)CN(C)C(=O)C2CCCN(C(=O)c3ccc(F)cc3)C2)CC1. The van der Waals surface area contributed by atoms with E-state index in [1.165, 1.54) is 29.2 Å². The van der Waals surface area contributed by atoms with Crippen LogP contribution in [0.4, 0.5) is 4.39 Å². The molecule has 0 aliphatic carbocycles. The monoisotopic (exact) mass is 461 g/mol. The topological polar surface area (TPSA) is 87.2 Å². The van der Waals surface area contributed by atoms with Gasteiger partial charge in [0.05, 0.1) is 25.0 Å². The molecule has 9 heteroatoms. The van der Waals surface area contributed by atoms with Crippen molar-refractivity contribution in [1.82, 2.24) is 14.7 Å². The molecule has 33 heavy (non-hydrogen) atoms. The number of carbonyl (C=O) groups is 4. The van der Waals surface area contributed by atoms with Gasteiger partial charge in [0.2, 0.25) is 11.8 Å². The second-order valence-corrected chi connectivity index (χ2v) is 8.70. The standard InChI is InChI=1S/C24H32FN3O5/c1-3-33-24(32)18-10-13-27(14-11-18)21(29)16-26(2)22(30)19-5-4-12-28(15-19)23(31)17-6-8-20(25)9-7-17/h6-9,18-19H,3-5,10-16H2,1-2H3. The van der Waals surface area contributed by atoms with Crippen molar-refractivity contribution in [1.29, 1.82) is 0 Å². The Balaban J connectivity index is 1.50. The van der Waals surface area contributed by atoms with Gasteiger partial charge in [-0.15, -0.1) is 0 Å². The number of rotatable bonds is 6. The van der Waals surface area contributed by atoms with E-state index in [9.17, 15) is 23.6 Å². The van der Waals surface area contributed by atoms with Crippen molar-refractivity contribution in [2.45, 2.75) is 32.6 Å². The summed E-state index contributed by atoms with van der Waals surface area (Å²) in [6, 6.07) is 5.38. The Labute approximate surface area is 193 Å². The minimum atomic E-state index is -0.408. The molecule has 0 radical (unpaired) electrons. The van der Waals surface area contributed by atoms with Gasteiger partial charge in [0, 0.05) is 38.8 Å². The number of carbonyl (C=O) groups excluding carboxylic acids is 4. The Morgan fingerprint density at radius 1 is 1.00 bits per heavy atom. The molecule has 3 rings (SSSR count). The van der Waals surface area contributed by atoms with Crippen LogP contribution in [-0.4, -0.2) is 84.8 Å². The number of amides is 3. The molecule has 0 saturated carbocycles. The van der Waals surface area contributed by atoms with Crippen LogP contribution in [0.5, 0.6) is 0 Å². The van der Waals surface area contributed by atoms with E-state index >= 15 is 0 Å². The molecule has 1 unspecified atom stereocenters. The molecule has 180 valence electrons. The molecule has 2 heterocycles. The van der Waals surface area contributed by atoms with E-state index in [2.05, 4.69) is 0 Å². The molecule has 2 aliphatic heterocycles. The number of halogens is 1. The maximum Gasteiger partial charge on any atom is 0.309 e. The zero-order valence-corrected chi connectivity index (χ0v) is 19.3. The minimum Gasteiger partial charge on any atom is -0.466 e. The molecule has 1 atom stereocenters. The summed E-state index contributed by atoms with van der Waals surface area (Å²) in [5.41, 5.74) is 0.388. The van der Waals surface area contributed by atoms with Gasteiger partial charge in [-0.05, 0) is 56.9 Å². The molecule has 1 aromatic carbocycles. The van der Waals surface area contributed by atoms with Gasteiger partial charge < -0.3 is 19.4 Å². The minimum absolute atomic E-state index is 0.0364. The number of benzene rings is 1. The first-order valence-corrected chi connectivity index (χ1v) is 11.5. The summed E-state index contributed by atoms with van der Waals surface area (Å²) in [6.07, 6.45) is 2.46. The van der Waals surface area contributed by atoms with Gasteiger partial charge in [-0.1, -0.05) is 0 Å². The van der Waals surface area contributed by atoms with Crippen LogP contribution in [0.2, 0.25) is 0 Å². The highest BCUT2D eigenvalue weighted by atomic mass is 19.1. The predicted molar refractivity (Wildman–Crippen MR) is 119 cm³/mol. The zero-order valence-electron chi connectivity index (χ0n) is 19.3. The molecule has 2 saturated heterocycles. The van der Waals surface area contributed by atoms with Gasteiger partial charge in [-0.3, -0.25) is 19.2 Å². The number of esters is 1. The van der Waals surface area contributed by atoms with Gasteiger partial charge in [-0.25, -0.2) is 4.39 Å². The van der Waals surface area contributed by atoms with Crippen LogP contribution in [0.15, 0.2) is 24.3 Å². The maximum atomic E-state index is 13.1. The highest BCUT2D eigenvalue weighted by Gasteiger charge is 2.33. The molecule has 1 aromatic rings. The van der Waals surface area contributed by atoms with E-state index in [0.29, 0.717) is 57.5 Å². The number of nitrogens with zero attached hydrogens (tertiary/aromatic N) is 3. The molecular weight excluding hydrogens is 429 g/mol. The lowest BCUT2D eigenvalue weighted by atomic mass is 9.95. The Kier molecular flexibility index (Phi) is 8.41. The molecule has 0 N–H and O–H groups in total. The van der Waals surface area contributed by atoms with Crippen LogP contribution >= 0.6 is 0 Å². The van der Waals surface area contributed by atoms with Crippen molar-refractivity contribution >= 4 is 23.7 Å². The zero-order chi connectivity index (χ0) is 24.0. The molecule has 8 nitrogen and oxygen atoms in total. The fourth-order valence-corrected chi connectivity index (χ4v) is 4.46. The summed E-state index contributed by atoms with van der Waals surface area (Å²) in [4.78, 5) is 55.0. The van der Waals surface area contributed by atoms with Gasteiger partial charge in [0.25, 0.3) is 5.91 Å². The lowest BCUT2D eigenvalue weighted by Crippen LogP contribution is -2.49. The summed E-state index contributed by atoms with van der Waals surface area (Å²) in [7, 11) is 1.60. The average Bonchev–Trinajstić information content (AvgIpc) is 2.83. The number of hydrogen-bond donors (Lipinski definition) is 0. The third-order valence-electron chi connectivity index (χ3n) is 6.37. The van der Waals surface area contributed by atoms with Crippen LogP contribution in [0.3, 0.4) is 0 Å². The fourth-order valence-electron chi connectivity index (χ4n) is 4.46. The van der Waals surface area contributed by atoms with Crippen molar-refractivity contribution in [3.8, 4) is 0 Å². The molecule has 3 amide bonds.